The third-order valence-electron chi connectivity index (χ3n) is 4.84. The summed E-state index contributed by atoms with van der Waals surface area (Å²) in [6, 6.07) is 8.17. The van der Waals surface area contributed by atoms with Gasteiger partial charge in [-0.15, -0.1) is 0 Å². The highest BCUT2D eigenvalue weighted by Gasteiger charge is 2.32. The van der Waals surface area contributed by atoms with E-state index in [0.29, 0.717) is 0 Å². The van der Waals surface area contributed by atoms with Gasteiger partial charge in [0.25, 0.3) is 0 Å². The van der Waals surface area contributed by atoms with E-state index in [-0.39, 0.29) is 5.54 Å². The second kappa shape index (κ2) is 5.92. The highest BCUT2D eigenvalue weighted by Crippen LogP contribution is 2.32. The molecule has 0 spiro atoms. The van der Waals surface area contributed by atoms with Crippen molar-refractivity contribution in [2.45, 2.75) is 31.2 Å². The lowest BCUT2D eigenvalue weighted by atomic mass is 9.75. The summed E-state index contributed by atoms with van der Waals surface area (Å²) in [5.41, 5.74) is 7.74. The molecular formula is C16H24ClN3. The van der Waals surface area contributed by atoms with Crippen molar-refractivity contribution < 1.29 is 0 Å². The minimum absolute atomic E-state index is 0.160. The molecule has 110 valence electrons. The number of nitrogens with zero attached hydrogens (tertiary/aromatic N) is 2. The van der Waals surface area contributed by atoms with E-state index in [2.05, 4.69) is 21.9 Å². The first-order valence-electron chi connectivity index (χ1n) is 7.66. The molecule has 2 fully saturated rings. The molecule has 2 aliphatic rings. The van der Waals surface area contributed by atoms with Crippen LogP contribution >= 0.6 is 11.6 Å². The Kier molecular flexibility index (Phi) is 4.20. The summed E-state index contributed by atoms with van der Waals surface area (Å²) in [5.74, 6) is 0. The molecule has 0 bridgehead atoms. The first kappa shape index (κ1) is 14.2. The largest absolute Gasteiger partial charge is 0.369 e. The summed E-state index contributed by atoms with van der Waals surface area (Å²) < 4.78 is 0. The molecule has 2 N–H and O–H groups in total. The van der Waals surface area contributed by atoms with Crippen molar-refractivity contribution in [3.8, 4) is 0 Å². The minimum Gasteiger partial charge on any atom is -0.369 e. The molecule has 1 aliphatic heterocycles. The van der Waals surface area contributed by atoms with Crippen LogP contribution < -0.4 is 10.6 Å². The molecule has 1 saturated carbocycles. The Bertz CT molecular complexity index is 434. The molecule has 1 aromatic rings. The summed E-state index contributed by atoms with van der Waals surface area (Å²) in [7, 11) is 0. The fourth-order valence-corrected chi connectivity index (χ4v) is 3.27. The number of anilines is 1. The van der Waals surface area contributed by atoms with Crippen LogP contribution in [0.2, 0.25) is 5.02 Å². The van der Waals surface area contributed by atoms with Crippen LogP contribution in [0.3, 0.4) is 0 Å². The Labute approximate surface area is 126 Å². The molecule has 3 rings (SSSR count). The Morgan fingerprint density at radius 1 is 1.05 bits per heavy atom. The van der Waals surface area contributed by atoms with Crippen LogP contribution in [0.4, 0.5) is 5.69 Å². The SMILES string of the molecule is NC1(CCN2CCN(c3ccc(Cl)cc3)CC2)CCC1. The van der Waals surface area contributed by atoms with Crippen LogP contribution in [-0.2, 0) is 0 Å². The lowest BCUT2D eigenvalue weighted by Crippen LogP contribution is -2.51. The van der Waals surface area contributed by atoms with Gasteiger partial charge in [-0.3, -0.25) is 4.90 Å². The predicted molar refractivity (Wildman–Crippen MR) is 85.5 cm³/mol. The van der Waals surface area contributed by atoms with E-state index < -0.39 is 0 Å². The van der Waals surface area contributed by atoms with Crippen LogP contribution in [0.15, 0.2) is 24.3 Å². The molecule has 1 aromatic carbocycles. The molecule has 0 aromatic heterocycles. The number of nitrogens with two attached hydrogens (primary N) is 1. The second-order valence-electron chi connectivity index (χ2n) is 6.27. The van der Waals surface area contributed by atoms with Crippen molar-refractivity contribution in [2.75, 3.05) is 37.6 Å². The van der Waals surface area contributed by atoms with E-state index in [1.807, 2.05) is 12.1 Å². The van der Waals surface area contributed by atoms with Crippen molar-refractivity contribution in [3.05, 3.63) is 29.3 Å². The standard InChI is InChI=1S/C16H24ClN3/c17-14-2-4-15(5-3-14)20-12-10-19(11-13-20)9-8-16(18)6-1-7-16/h2-5H,1,6-13,18H2. The average molecular weight is 294 g/mol. The van der Waals surface area contributed by atoms with Crippen LogP contribution in [0.5, 0.6) is 0 Å². The van der Waals surface area contributed by atoms with Gasteiger partial charge >= 0.3 is 0 Å². The van der Waals surface area contributed by atoms with E-state index in [1.54, 1.807) is 0 Å². The normalized spacial score (nSPS) is 22.6. The van der Waals surface area contributed by atoms with Crippen molar-refractivity contribution in [1.29, 1.82) is 0 Å². The summed E-state index contributed by atoms with van der Waals surface area (Å²) in [6.45, 7) is 5.63. The molecular weight excluding hydrogens is 270 g/mol. The van der Waals surface area contributed by atoms with Crippen LogP contribution in [-0.4, -0.2) is 43.2 Å². The van der Waals surface area contributed by atoms with Gasteiger partial charge in [-0.1, -0.05) is 11.6 Å². The lowest BCUT2D eigenvalue weighted by molar-refractivity contribution is 0.176. The Balaban J connectivity index is 1.45. The smallest absolute Gasteiger partial charge is 0.0407 e. The maximum Gasteiger partial charge on any atom is 0.0407 e. The minimum atomic E-state index is 0.160. The van der Waals surface area contributed by atoms with Gasteiger partial charge in [0.05, 0.1) is 0 Å². The van der Waals surface area contributed by atoms with Gasteiger partial charge in [-0.25, -0.2) is 0 Å². The number of rotatable bonds is 4. The second-order valence-corrected chi connectivity index (χ2v) is 6.71. The fraction of sp³-hybridized carbons (Fsp3) is 0.625. The number of benzene rings is 1. The summed E-state index contributed by atoms with van der Waals surface area (Å²) in [5, 5.41) is 0.807. The Morgan fingerprint density at radius 3 is 2.25 bits per heavy atom. The summed E-state index contributed by atoms with van der Waals surface area (Å²) in [4.78, 5) is 4.99. The quantitative estimate of drug-likeness (QED) is 0.926. The maximum absolute atomic E-state index is 6.30. The van der Waals surface area contributed by atoms with E-state index in [1.165, 1.54) is 24.9 Å². The zero-order valence-corrected chi connectivity index (χ0v) is 12.8. The van der Waals surface area contributed by atoms with Crippen LogP contribution in [0.25, 0.3) is 0 Å². The van der Waals surface area contributed by atoms with E-state index >= 15 is 0 Å². The molecule has 0 radical (unpaired) electrons. The van der Waals surface area contributed by atoms with Crippen molar-refractivity contribution >= 4 is 17.3 Å². The van der Waals surface area contributed by atoms with Crippen LogP contribution in [0, 0.1) is 0 Å². The highest BCUT2D eigenvalue weighted by atomic mass is 35.5. The van der Waals surface area contributed by atoms with E-state index in [0.717, 1.165) is 44.2 Å². The van der Waals surface area contributed by atoms with Crippen LogP contribution in [0.1, 0.15) is 25.7 Å². The maximum atomic E-state index is 6.30. The van der Waals surface area contributed by atoms with Gasteiger partial charge in [-0.05, 0) is 49.9 Å². The third-order valence-corrected chi connectivity index (χ3v) is 5.09. The highest BCUT2D eigenvalue weighted by molar-refractivity contribution is 6.30. The Hall–Kier alpha value is -0.770. The molecule has 1 aliphatic carbocycles. The first-order valence-corrected chi connectivity index (χ1v) is 8.04. The lowest BCUT2D eigenvalue weighted by Gasteiger charge is -2.41. The molecule has 0 unspecified atom stereocenters. The number of hydrogen-bond acceptors (Lipinski definition) is 3. The van der Waals surface area contributed by atoms with E-state index in [9.17, 15) is 0 Å². The third kappa shape index (κ3) is 3.27. The summed E-state index contributed by atoms with van der Waals surface area (Å²) in [6.07, 6.45) is 4.92. The molecule has 0 atom stereocenters. The average Bonchev–Trinajstić information content (AvgIpc) is 2.45. The topological polar surface area (TPSA) is 32.5 Å². The molecule has 1 saturated heterocycles. The Morgan fingerprint density at radius 2 is 1.70 bits per heavy atom. The van der Waals surface area contributed by atoms with Gasteiger partial charge in [0, 0.05) is 49.0 Å². The van der Waals surface area contributed by atoms with Crippen molar-refractivity contribution in [3.63, 3.8) is 0 Å². The van der Waals surface area contributed by atoms with Gasteiger partial charge < -0.3 is 10.6 Å². The number of halogens is 1. The van der Waals surface area contributed by atoms with Crippen molar-refractivity contribution in [1.82, 2.24) is 4.90 Å². The van der Waals surface area contributed by atoms with Gasteiger partial charge in [0.1, 0.15) is 0 Å². The number of piperazine rings is 1. The predicted octanol–water partition coefficient (Wildman–Crippen LogP) is 2.73. The zero-order valence-electron chi connectivity index (χ0n) is 12.0. The van der Waals surface area contributed by atoms with Gasteiger partial charge in [0.2, 0.25) is 0 Å². The molecule has 1 heterocycles. The zero-order chi connectivity index (χ0) is 14.0. The van der Waals surface area contributed by atoms with Crippen molar-refractivity contribution in [2.24, 2.45) is 5.73 Å². The molecule has 20 heavy (non-hydrogen) atoms. The first-order chi connectivity index (χ1) is 9.65. The van der Waals surface area contributed by atoms with Gasteiger partial charge in [0.15, 0.2) is 0 Å². The molecule has 3 nitrogen and oxygen atoms in total. The monoisotopic (exact) mass is 293 g/mol. The van der Waals surface area contributed by atoms with E-state index in [4.69, 9.17) is 17.3 Å². The number of hydrogen-bond donors (Lipinski definition) is 1. The fourth-order valence-electron chi connectivity index (χ4n) is 3.14. The molecule has 4 heteroatoms. The van der Waals surface area contributed by atoms with Gasteiger partial charge in [-0.2, -0.15) is 0 Å². The summed E-state index contributed by atoms with van der Waals surface area (Å²) >= 11 is 5.94. The molecule has 0 amide bonds.